The van der Waals surface area contributed by atoms with Crippen LogP contribution in [0.2, 0.25) is 0 Å². The van der Waals surface area contributed by atoms with E-state index in [1.165, 1.54) is 25.7 Å². The summed E-state index contributed by atoms with van der Waals surface area (Å²) < 4.78 is 0. The number of allylic oxidation sites excluding steroid dienone is 2. The van der Waals surface area contributed by atoms with E-state index in [1.807, 2.05) is 0 Å². The maximum absolute atomic E-state index is 10.9. The third-order valence-electron chi connectivity index (χ3n) is 3.58. The molecule has 0 rings (SSSR count). The number of carboxylic acids is 2. The molecule has 0 aromatic rings. The minimum Gasteiger partial charge on any atom is -0.481 e. The Morgan fingerprint density at radius 2 is 1.48 bits per heavy atom. The van der Waals surface area contributed by atoms with Crippen molar-refractivity contribution in [1.82, 2.24) is 0 Å². The lowest BCUT2D eigenvalue weighted by molar-refractivity contribution is -0.148. The van der Waals surface area contributed by atoms with Gasteiger partial charge in [-0.1, -0.05) is 51.2 Å². The first kappa shape index (κ1) is 19.7. The summed E-state index contributed by atoms with van der Waals surface area (Å²) in [6.07, 6.45) is 14.8. The van der Waals surface area contributed by atoms with Crippen LogP contribution in [-0.4, -0.2) is 22.2 Å². The van der Waals surface area contributed by atoms with Crippen molar-refractivity contribution in [2.24, 2.45) is 5.92 Å². The number of hydrogen-bond donors (Lipinski definition) is 2. The van der Waals surface area contributed by atoms with Crippen molar-refractivity contribution < 1.29 is 19.8 Å². The van der Waals surface area contributed by atoms with Crippen LogP contribution in [-0.2, 0) is 9.59 Å². The zero-order chi connectivity index (χ0) is 15.9. The summed E-state index contributed by atoms with van der Waals surface area (Å²) in [6, 6.07) is 0. The Bertz CT molecular complexity index is 310. The van der Waals surface area contributed by atoms with Crippen LogP contribution in [0.1, 0.15) is 77.6 Å². The molecule has 0 amide bonds. The van der Waals surface area contributed by atoms with Crippen molar-refractivity contribution >= 4 is 11.9 Å². The van der Waals surface area contributed by atoms with Gasteiger partial charge >= 0.3 is 11.9 Å². The molecule has 4 heteroatoms. The molecule has 0 aromatic carbocycles. The molecule has 1 unspecified atom stereocenters. The first-order valence-electron chi connectivity index (χ1n) is 8.17. The molecule has 0 radical (unpaired) electrons. The molecule has 0 aliphatic carbocycles. The van der Waals surface area contributed by atoms with Crippen LogP contribution in [0.5, 0.6) is 0 Å². The summed E-state index contributed by atoms with van der Waals surface area (Å²) >= 11 is 0. The van der Waals surface area contributed by atoms with Gasteiger partial charge in [0, 0.05) is 0 Å². The Balaban J connectivity index is 3.49. The van der Waals surface area contributed by atoms with E-state index in [1.54, 1.807) is 0 Å². The molecule has 122 valence electrons. The average Bonchev–Trinajstić information content (AvgIpc) is 2.42. The lowest BCUT2D eigenvalue weighted by atomic mass is 9.97. The highest BCUT2D eigenvalue weighted by atomic mass is 16.4. The highest BCUT2D eigenvalue weighted by Crippen LogP contribution is 2.15. The van der Waals surface area contributed by atoms with Crippen LogP contribution in [0.15, 0.2) is 12.2 Å². The minimum absolute atomic E-state index is 0.268. The summed E-state index contributed by atoms with van der Waals surface area (Å²) in [5.41, 5.74) is 0. The molecule has 0 aromatic heterocycles. The van der Waals surface area contributed by atoms with E-state index in [4.69, 9.17) is 10.2 Å². The van der Waals surface area contributed by atoms with Gasteiger partial charge in [0.2, 0.25) is 0 Å². The molecule has 0 saturated carbocycles. The number of unbranched alkanes of at least 4 members (excludes halogenated alkanes) is 7. The lowest BCUT2D eigenvalue weighted by Crippen LogP contribution is -2.17. The van der Waals surface area contributed by atoms with E-state index in [-0.39, 0.29) is 6.42 Å². The topological polar surface area (TPSA) is 74.6 Å². The van der Waals surface area contributed by atoms with Gasteiger partial charge in [0.05, 0.1) is 12.3 Å². The molecule has 21 heavy (non-hydrogen) atoms. The number of carbonyl (C=O) groups is 2. The van der Waals surface area contributed by atoms with Gasteiger partial charge in [0.25, 0.3) is 0 Å². The van der Waals surface area contributed by atoms with Gasteiger partial charge < -0.3 is 10.2 Å². The molecule has 4 nitrogen and oxygen atoms in total. The summed E-state index contributed by atoms with van der Waals surface area (Å²) in [7, 11) is 0. The Labute approximate surface area is 128 Å². The van der Waals surface area contributed by atoms with Crippen molar-refractivity contribution in [1.29, 1.82) is 0 Å². The Morgan fingerprint density at radius 3 is 2.00 bits per heavy atom. The van der Waals surface area contributed by atoms with Crippen LogP contribution in [0.3, 0.4) is 0 Å². The van der Waals surface area contributed by atoms with E-state index in [2.05, 4.69) is 19.1 Å². The van der Waals surface area contributed by atoms with Gasteiger partial charge in [-0.25, -0.2) is 0 Å². The molecule has 2 N–H and O–H groups in total. The molecular formula is C17H30O4. The molecule has 1 atom stereocenters. The van der Waals surface area contributed by atoms with Crippen LogP contribution >= 0.6 is 0 Å². The van der Waals surface area contributed by atoms with Crippen LogP contribution in [0.4, 0.5) is 0 Å². The Kier molecular flexibility index (Phi) is 12.8. The summed E-state index contributed by atoms with van der Waals surface area (Å²) in [5.74, 6) is -2.76. The van der Waals surface area contributed by atoms with Crippen LogP contribution in [0, 0.1) is 5.92 Å². The van der Waals surface area contributed by atoms with Crippen molar-refractivity contribution in [3.8, 4) is 0 Å². The largest absolute Gasteiger partial charge is 0.481 e. The molecule has 0 aliphatic rings. The van der Waals surface area contributed by atoms with Crippen molar-refractivity contribution in [3.63, 3.8) is 0 Å². The number of carboxylic acid groups (broad SMARTS) is 2. The van der Waals surface area contributed by atoms with Crippen LogP contribution < -0.4 is 0 Å². The van der Waals surface area contributed by atoms with Gasteiger partial charge in [-0.15, -0.1) is 0 Å². The van der Waals surface area contributed by atoms with E-state index < -0.39 is 17.9 Å². The van der Waals surface area contributed by atoms with Gasteiger partial charge in [-0.3, -0.25) is 9.59 Å². The lowest BCUT2D eigenvalue weighted by Gasteiger charge is -2.09. The molecule has 0 fully saturated rings. The predicted octanol–water partition coefficient (Wildman–Crippen LogP) is 4.64. The fourth-order valence-electron chi connectivity index (χ4n) is 2.28. The third-order valence-corrected chi connectivity index (χ3v) is 3.58. The van der Waals surface area contributed by atoms with Crippen molar-refractivity contribution in [2.75, 3.05) is 0 Å². The monoisotopic (exact) mass is 298 g/mol. The highest BCUT2D eigenvalue weighted by molar-refractivity contribution is 5.77. The molecule has 0 aliphatic heterocycles. The van der Waals surface area contributed by atoms with E-state index in [0.717, 1.165) is 32.1 Å². The van der Waals surface area contributed by atoms with E-state index in [0.29, 0.717) is 6.42 Å². The maximum Gasteiger partial charge on any atom is 0.307 e. The molecule has 0 spiro atoms. The smallest absolute Gasteiger partial charge is 0.307 e. The number of rotatable bonds is 14. The summed E-state index contributed by atoms with van der Waals surface area (Å²) in [5, 5.41) is 17.6. The average molecular weight is 298 g/mol. The Hall–Kier alpha value is -1.32. The van der Waals surface area contributed by atoms with Crippen LogP contribution in [0.25, 0.3) is 0 Å². The second kappa shape index (κ2) is 13.7. The second-order valence-electron chi connectivity index (χ2n) is 5.59. The third kappa shape index (κ3) is 13.4. The second-order valence-corrected chi connectivity index (χ2v) is 5.59. The minimum atomic E-state index is -1.03. The van der Waals surface area contributed by atoms with E-state index >= 15 is 0 Å². The van der Waals surface area contributed by atoms with Gasteiger partial charge in [0.15, 0.2) is 0 Å². The molecule has 0 bridgehead atoms. The zero-order valence-electron chi connectivity index (χ0n) is 13.2. The fraction of sp³-hybridized carbons (Fsp3) is 0.765. The number of aliphatic carboxylic acids is 2. The predicted molar refractivity (Wildman–Crippen MR) is 84.4 cm³/mol. The first-order valence-corrected chi connectivity index (χ1v) is 8.17. The van der Waals surface area contributed by atoms with Gasteiger partial charge in [0.1, 0.15) is 0 Å². The van der Waals surface area contributed by atoms with Crippen molar-refractivity contribution in [2.45, 2.75) is 77.6 Å². The fourth-order valence-corrected chi connectivity index (χ4v) is 2.28. The number of hydrogen-bond acceptors (Lipinski definition) is 2. The Morgan fingerprint density at radius 1 is 0.905 bits per heavy atom. The van der Waals surface area contributed by atoms with Gasteiger partial charge in [-0.2, -0.15) is 0 Å². The normalized spacial score (nSPS) is 12.6. The quantitative estimate of drug-likeness (QED) is 0.362. The van der Waals surface area contributed by atoms with Crippen molar-refractivity contribution in [3.05, 3.63) is 12.2 Å². The summed E-state index contributed by atoms with van der Waals surface area (Å²) in [4.78, 5) is 21.4. The summed E-state index contributed by atoms with van der Waals surface area (Å²) in [6.45, 7) is 2.20. The van der Waals surface area contributed by atoms with E-state index in [9.17, 15) is 9.59 Å². The molecule has 0 saturated heterocycles. The van der Waals surface area contributed by atoms with Gasteiger partial charge in [-0.05, 0) is 32.1 Å². The SMILES string of the molecule is CCCCC/C=C/CCCCCCC(CC(=O)O)C(=O)O. The first-order chi connectivity index (χ1) is 10.1. The molecule has 0 heterocycles. The standard InChI is InChI=1S/C17H30O4/c1-2-3-4-5-6-7-8-9-10-11-12-13-15(17(20)21)14-16(18)19/h6-7,15H,2-5,8-14H2,1H3,(H,18,19)(H,20,21)/b7-6+. The maximum atomic E-state index is 10.9. The highest BCUT2D eigenvalue weighted by Gasteiger charge is 2.19. The zero-order valence-corrected chi connectivity index (χ0v) is 13.2. The molecular weight excluding hydrogens is 268 g/mol.